The molecule has 6 nitrogen and oxygen atoms in total. The van der Waals surface area contributed by atoms with E-state index in [-0.39, 0.29) is 5.95 Å². The van der Waals surface area contributed by atoms with Crippen molar-refractivity contribution in [1.29, 1.82) is 0 Å². The number of aromatic nitrogens is 3. The Hall–Kier alpha value is -1.92. The first-order valence-electron chi connectivity index (χ1n) is 7.95. The van der Waals surface area contributed by atoms with Gasteiger partial charge in [-0.15, -0.1) is 0 Å². The molecule has 1 aromatic heterocycles. The van der Waals surface area contributed by atoms with Crippen LogP contribution >= 0.6 is 11.6 Å². The van der Waals surface area contributed by atoms with Crippen molar-refractivity contribution >= 4 is 29.2 Å². The normalized spacial score (nSPS) is 21.1. The lowest BCUT2D eigenvalue weighted by Gasteiger charge is -2.26. The number of benzene rings is 1. The zero-order valence-electron chi connectivity index (χ0n) is 13.2. The number of nitrogen functional groups attached to an aromatic ring is 1. The molecule has 0 amide bonds. The van der Waals surface area contributed by atoms with Gasteiger partial charge >= 0.3 is 0 Å². The summed E-state index contributed by atoms with van der Waals surface area (Å²) in [7, 11) is 0. The maximum Gasteiger partial charge on any atom is 0.232 e. The molecule has 3 rings (SSSR count). The Morgan fingerprint density at radius 1 is 1.17 bits per heavy atom. The Balaban J connectivity index is 1.70. The van der Waals surface area contributed by atoms with Crippen LogP contribution in [0.1, 0.15) is 25.6 Å². The van der Waals surface area contributed by atoms with Crippen molar-refractivity contribution in [2.75, 3.05) is 24.1 Å². The number of likely N-dealkylation sites (tertiary alicyclic amines) is 1. The van der Waals surface area contributed by atoms with Crippen LogP contribution in [0.2, 0.25) is 5.02 Å². The van der Waals surface area contributed by atoms with Crippen molar-refractivity contribution in [2.24, 2.45) is 5.92 Å². The third-order valence-electron chi connectivity index (χ3n) is 4.19. The summed E-state index contributed by atoms with van der Waals surface area (Å²) in [6.07, 6.45) is 2.51. The maximum atomic E-state index is 5.89. The van der Waals surface area contributed by atoms with E-state index in [1.807, 2.05) is 24.3 Å². The Labute approximate surface area is 141 Å². The summed E-state index contributed by atoms with van der Waals surface area (Å²) in [6.45, 7) is 5.42. The van der Waals surface area contributed by atoms with E-state index in [4.69, 9.17) is 17.3 Å². The first kappa shape index (κ1) is 16.0. The summed E-state index contributed by atoms with van der Waals surface area (Å²) in [5.41, 5.74) is 6.70. The second-order valence-corrected chi connectivity index (χ2v) is 6.61. The Bertz CT molecular complexity index is 652. The third kappa shape index (κ3) is 4.53. The molecule has 1 saturated heterocycles. The minimum atomic E-state index is 0.247. The summed E-state index contributed by atoms with van der Waals surface area (Å²) in [6, 6.07) is 7.38. The number of piperidine rings is 1. The van der Waals surface area contributed by atoms with Crippen molar-refractivity contribution in [1.82, 2.24) is 15.0 Å². The summed E-state index contributed by atoms with van der Waals surface area (Å²) < 4.78 is 0. The van der Waals surface area contributed by atoms with Gasteiger partial charge in [-0.2, -0.15) is 15.0 Å². The molecule has 0 radical (unpaired) electrons. The van der Waals surface area contributed by atoms with E-state index >= 15 is 0 Å². The minimum Gasteiger partial charge on any atom is -0.368 e. The number of nitrogens with zero attached hydrogens (tertiary/aromatic N) is 3. The highest BCUT2D eigenvalue weighted by atomic mass is 35.5. The highest BCUT2D eigenvalue weighted by Crippen LogP contribution is 2.17. The molecule has 0 aliphatic carbocycles. The second-order valence-electron chi connectivity index (χ2n) is 6.17. The lowest BCUT2D eigenvalue weighted by molar-refractivity contribution is -0.920. The SMILES string of the molecule is CC1CC[NH+](Cc2nc(N)nc(Nc3ccc(Cl)cc3)n2)CC1. The number of hydrogen-bond donors (Lipinski definition) is 3. The van der Waals surface area contributed by atoms with Gasteiger partial charge in [-0.25, -0.2) is 0 Å². The molecule has 1 aliphatic rings. The lowest BCUT2D eigenvalue weighted by Crippen LogP contribution is -3.11. The monoisotopic (exact) mass is 333 g/mol. The molecule has 1 fully saturated rings. The van der Waals surface area contributed by atoms with Gasteiger partial charge in [0.25, 0.3) is 0 Å². The number of quaternary nitrogens is 1. The van der Waals surface area contributed by atoms with E-state index in [9.17, 15) is 0 Å². The molecular formula is C16H22ClN6+. The number of anilines is 3. The highest BCUT2D eigenvalue weighted by molar-refractivity contribution is 6.30. The van der Waals surface area contributed by atoms with Gasteiger partial charge in [0, 0.05) is 10.7 Å². The number of halogens is 1. The molecule has 0 unspecified atom stereocenters. The van der Waals surface area contributed by atoms with E-state index in [0.717, 1.165) is 37.1 Å². The zero-order valence-corrected chi connectivity index (χ0v) is 14.0. The molecule has 0 atom stereocenters. The van der Waals surface area contributed by atoms with Gasteiger partial charge < -0.3 is 16.0 Å². The molecule has 23 heavy (non-hydrogen) atoms. The topological polar surface area (TPSA) is 81.2 Å². The van der Waals surface area contributed by atoms with Crippen LogP contribution in [0, 0.1) is 5.92 Å². The standard InChI is InChI=1S/C16H21ClN6/c1-11-6-8-23(9-7-11)10-14-20-15(18)22-16(21-14)19-13-4-2-12(17)3-5-13/h2-5,11H,6-10H2,1H3,(H3,18,19,20,21,22)/p+1. The third-order valence-corrected chi connectivity index (χ3v) is 4.44. The van der Waals surface area contributed by atoms with Gasteiger partial charge in [-0.1, -0.05) is 18.5 Å². The van der Waals surface area contributed by atoms with Crippen LogP contribution in [0.15, 0.2) is 24.3 Å². The molecule has 7 heteroatoms. The number of nitrogens with two attached hydrogens (primary N) is 1. The molecule has 1 aliphatic heterocycles. The summed E-state index contributed by atoms with van der Waals surface area (Å²) in [5.74, 6) is 2.28. The van der Waals surface area contributed by atoms with E-state index in [2.05, 4.69) is 27.2 Å². The van der Waals surface area contributed by atoms with Gasteiger partial charge in [0.05, 0.1) is 13.1 Å². The fraction of sp³-hybridized carbons (Fsp3) is 0.438. The predicted molar refractivity (Wildman–Crippen MR) is 91.8 cm³/mol. The van der Waals surface area contributed by atoms with Crippen molar-refractivity contribution in [3.8, 4) is 0 Å². The van der Waals surface area contributed by atoms with Gasteiger partial charge in [0.15, 0.2) is 5.82 Å². The Morgan fingerprint density at radius 2 is 1.87 bits per heavy atom. The molecule has 1 aromatic carbocycles. The van der Waals surface area contributed by atoms with Crippen molar-refractivity contribution in [2.45, 2.75) is 26.3 Å². The zero-order chi connectivity index (χ0) is 16.2. The van der Waals surface area contributed by atoms with Gasteiger partial charge in [0.1, 0.15) is 6.54 Å². The first-order valence-corrected chi connectivity index (χ1v) is 8.33. The van der Waals surface area contributed by atoms with Crippen LogP contribution in [0.3, 0.4) is 0 Å². The van der Waals surface area contributed by atoms with E-state index in [1.165, 1.54) is 17.7 Å². The average molecular weight is 334 g/mol. The fourth-order valence-electron chi connectivity index (χ4n) is 2.81. The van der Waals surface area contributed by atoms with E-state index in [1.54, 1.807) is 0 Å². The molecule has 0 saturated carbocycles. The van der Waals surface area contributed by atoms with Crippen LogP contribution < -0.4 is 16.0 Å². The lowest BCUT2D eigenvalue weighted by atomic mass is 9.99. The van der Waals surface area contributed by atoms with Gasteiger partial charge in [-0.05, 0) is 43.0 Å². The van der Waals surface area contributed by atoms with Crippen molar-refractivity contribution < 1.29 is 4.90 Å². The number of nitrogens with one attached hydrogen (secondary N) is 2. The Morgan fingerprint density at radius 3 is 2.57 bits per heavy atom. The average Bonchev–Trinajstić information content (AvgIpc) is 2.51. The molecule has 2 heterocycles. The van der Waals surface area contributed by atoms with Crippen LogP contribution in [-0.2, 0) is 6.54 Å². The van der Waals surface area contributed by atoms with E-state index < -0.39 is 0 Å². The second kappa shape index (κ2) is 7.10. The fourth-order valence-corrected chi connectivity index (χ4v) is 2.93. The largest absolute Gasteiger partial charge is 0.368 e. The predicted octanol–water partition coefficient (Wildman–Crippen LogP) is 1.67. The summed E-state index contributed by atoms with van der Waals surface area (Å²) in [4.78, 5) is 14.4. The van der Waals surface area contributed by atoms with Crippen LogP contribution in [0.4, 0.5) is 17.6 Å². The van der Waals surface area contributed by atoms with Crippen LogP contribution in [0.25, 0.3) is 0 Å². The highest BCUT2D eigenvalue weighted by Gasteiger charge is 2.20. The summed E-state index contributed by atoms with van der Waals surface area (Å²) >= 11 is 5.89. The molecular weight excluding hydrogens is 312 g/mol. The van der Waals surface area contributed by atoms with Gasteiger partial charge in [-0.3, -0.25) is 0 Å². The van der Waals surface area contributed by atoms with Crippen molar-refractivity contribution in [3.63, 3.8) is 0 Å². The van der Waals surface area contributed by atoms with E-state index in [0.29, 0.717) is 11.0 Å². The minimum absolute atomic E-state index is 0.247. The smallest absolute Gasteiger partial charge is 0.232 e. The van der Waals surface area contributed by atoms with Gasteiger partial charge in [0.2, 0.25) is 11.9 Å². The molecule has 2 aromatic rings. The molecule has 4 N–H and O–H groups in total. The maximum absolute atomic E-state index is 5.89. The van der Waals surface area contributed by atoms with Crippen LogP contribution in [-0.4, -0.2) is 28.0 Å². The summed E-state index contributed by atoms with van der Waals surface area (Å²) in [5, 5.41) is 3.84. The molecule has 0 spiro atoms. The molecule has 122 valence electrons. The Kier molecular flexibility index (Phi) is 4.93. The number of rotatable bonds is 4. The first-order chi connectivity index (χ1) is 11.1. The van der Waals surface area contributed by atoms with Crippen molar-refractivity contribution in [3.05, 3.63) is 35.1 Å². The quantitative estimate of drug-likeness (QED) is 0.793. The molecule has 0 bridgehead atoms. The van der Waals surface area contributed by atoms with Crippen LogP contribution in [0.5, 0.6) is 0 Å². The number of hydrogen-bond acceptors (Lipinski definition) is 5.